The molecule has 6 heteroatoms. The normalized spacial score (nSPS) is 15.0. The number of nitrogens with one attached hydrogen (secondary N) is 1. The monoisotopic (exact) mass is 313 g/mol. The number of hydrogen-bond donors (Lipinski definition) is 1. The van der Waals surface area contributed by atoms with Crippen LogP contribution >= 0.6 is 0 Å². The largest absolute Gasteiger partial charge is 0.465 e. The Balaban J connectivity index is 1.60. The smallest absolute Gasteiger partial charge is 0.244 e. The minimum Gasteiger partial charge on any atom is -0.465 e. The zero-order valence-corrected chi connectivity index (χ0v) is 12.8. The predicted octanol–water partition coefficient (Wildman–Crippen LogP) is 1.84. The molecule has 120 valence electrons. The minimum absolute atomic E-state index is 0.168. The molecule has 1 aliphatic rings. The van der Waals surface area contributed by atoms with Crippen LogP contribution in [-0.2, 0) is 16.1 Å². The molecule has 1 N–H and O–H groups in total. The molecular weight excluding hydrogens is 294 g/mol. The van der Waals surface area contributed by atoms with E-state index in [0.717, 1.165) is 24.5 Å². The Morgan fingerprint density at radius 3 is 2.96 bits per heavy atom. The summed E-state index contributed by atoms with van der Waals surface area (Å²) in [7, 11) is 0. The number of morpholine rings is 1. The topological polar surface area (TPSA) is 67.6 Å². The zero-order valence-electron chi connectivity index (χ0n) is 12.8. The Hall–Kier alpha value is -2.60. The number of nitrogens with zero attached hydrogens (tertiary/aromatic N) is 2. The molecule has 0 unspecified atom stereocenters. The fourth-order valence-electron chi connectivity index (χ4n) is 2.41. The van der Waals surface area contributed by atoms with Crippen molar-refractivity contribution in [1.29, 1.82) is 0 Å². The highest BCUT2D eigenvalue weighted by molar-refractivity contribution is 5.91. The maximum absolute atomic E-state index is 11.9. The Bertz CT molecular complexity index is 661. The second-order valence-corrected chi connectivity index (χ2v) is 5.15. The molecule has 1 fully saturated rings. The summed E-state index contributed by atoms with van der Waals surface area (Å²) >= 11 is 0. The standard InChI is InChI=1S/C17H19N3O3/c21-16(6-5-15-4-2-10-23-15)19-13-14-3-1-7-18-17(14)20-8-11-22-12-9-20/h1-7,10H,8-9,11-13H2,(H,19,21)/b6-5+. The molecule has 3 rings (SSSR count). The lowest BCUT2D eigenvalue weighted by atomic mass is 10.2. The van der Waals surface area contributed by atoms with Crippen LogP contribution in [0.5, 0.6) is 0 Å². The van der Waals surface area contributed by atoms with Gasteiger partial charge in [0, 0.05) is 37.5 Å². The minimum atomic E-state index is -0.168. The molecule has 2 aromatic heterocycles. The number of carbonyl (C=O) groups excluding carboxylic acids is 1. The first-order valence-electron chi connectivity index (χ1n) is 7.59. The molecule has 1 aliphatic heterocycles. The third-order valence-electron chi connectivity index (χ3n) is 3.57. The van der Waals surface area contributed by atoms with Crippen molar-refractivity contribution in [2.75, 3.05) is 31.2 Å². The first-order chi connectivity index (χ1) is 11.3. The number of ether oxygens (including phenoxy) is 1. The van der Waals surface area contributed by atoms with Crippen LogP contribution in [0, 0.1) is 0 Å². The van der Waals surface area contributed by atoms with Gasteiger partial charge in [0.15, 0.2) is 0 Å². The molecule has 0 saturated carbocycles. The van der Waals surface area contributed by atoms with Gasteiger partial charge in [-0.1, -0.05) is 6.07 Å². The van der Waals surface area contributed by atoms with Crippen molar-refractivity contribution in [3.05, 3.63) is 54.1 Å². The fourth-order valence-corrected chi connectivity index (χ4v) is 2.41. The Morgan fingerprint density at radius 1 is 1.30 bits per heavy atom. The molecule has 0 radical (unpaired) electrons. The molecule has 0 atom stereocenters. The predicted molar refractivity (Wildman–Crippen MR) is 86.9 cm³/mol. The number of amides is 1. The summed E-state index contributed by atoms with van der Waals surface area (Å²) in [5.74, 6) is 1.39. The first-order valence-corrected chi connectivity index (χ1v) is 7.59. The van der Waals surface area contributed by atoms with Crippen molar-refractivity contribution in [3.63, 3.8) is 0 Å². The second-order valence-electron chi connectivity index (χ2n) is 5.15. The van der Waals surface area contributed by atoms with Crippen LogP contribution in [0.4, 0.5) is 5.82 Å². The summed E-state index contributed by atoms with van der Waals surface area (Å²) in [6.45, 7) is 3.47. The van der Waals surface area contributed by atoms with E-state index in [2.05, 4.69) is 15.2 Å². The van der Waals surface area contributed by atoms with E-state index in [-0.39, 0.29) is 5.91 Å². The highest BCUT2D eigenvalue weighted by Gasteiger charge is 2.15. The van der Waals surface area contributed by atoms with Gasteiger partial charge in [-0.3, -0.25) is 4.79 Å². The molecule has 1 saturated heterocycles. The maximum atomic E-state index is 11.9. The number of anilines is 1. The number of furan rings is 1. The number of hydrogen-bond acceptors (Lipinski definition) is 5. The van der Waals surface area contributed by atoms with Crippen LogP contribution in [-0.4, -0.2) is 37.2 Å². The zero-order chi connectivity index (χ0) is 15.9. The summed E-state index contributed by atoms with van der Waals surface area (Å²) in [4.78, 5) is 18.5. The van der Waals surface area contributed by atoms with Gasteiger partial charge in [-0.15, -0.1) is 0 Å². The van der Waals surface area contributed by atoms with Gasteiger partial charge in [-0.2, -0.15) is 0 Å². The molecular formula is C17H19N3O3. The van der Waals surface area contributed by atoms with Gasteiger partial charge >= 0.3 is 0 Å². The molecule has 3 heterocycles. The van der Waals surface area contributed by atoms with Crippen LogP contribution in [0.3, 0.4) is 0 Å². The van der Waals surface area contributed by atoms with Gasteiger partial charge in [-0.25, -0.2) is 4.98 Å². The fraction of sp³-hybridized carbons (Fsp3) is 0.294. The Morgan fingerprint density at radius 2 is 2.17 bits per heavy atom. The number of pyridine rings is 1. The highest BCUT2D eigenvalue weighted by atomic mass is 16.5. The summed E-state index contributed by atoms with van der Waals surface area (Å²) in [6, 6.07) is 7.43. The highest BCUT2D eigenvalue weighted by Crippen LogP contribution is 2.18. The summed E-state index contributed by atoms with van der Waals surface area (Å²) < 4.78 is 10.5. The van der Waals surface area contributed by atoms with E-state index in [1.807, 2.05) is 12.1 Å². The SMILES string of the molecule is O=C(/C=C/c1ccco1)NCc1cccnc1N1CCOCC1. The lowest BCUT2D eigenvalue weighted by Gasteiger charge is -2.29. The molecule has 2 aromatic rings. The number of aromatic nitrogens is 1. The summed E-state index contributed by atoms with van der Waals surface area (Å²) in [5.41, 5.74) is 0.995. The van der Waals surface area contributed by atoms with Crippen LogP contribution in [0.25, 0.3) is 6.08 Å². The van der Waals surface area contributed by atoms with Crippen LogP contribution < -0.4 is 10.2 Å². The molecule has 23 heavy (non-hydrogen) atoms. The molecule has 0 aliphatic carbocycles. The maximum Gasteiger partial charge on any atom is 0.244 e. The van der Waals surface area contributed by atoms with Crippen molar-refractivity contribution >= 4 is 17.8 Å². The van der Waals surface area contributed by atoms with Crippen LogP contribution in [0.1, 0.15) is 11.3 Å². The average molecular weight is 313 g/mol. The third kappa shape index (κ3) is 4.20. The third-order valence-corrected chi connectivity index (χ3v) is 3.57. The van der Waals surface area contributed by atoms with Gasteiger partial charge in [-0.05, 0) is 24.3 Å². The van der Waals surface area contributed by atoms with E-state index in [9.17, 15) is 4.79 Å². The lowest BCUT2D eigenvalue weighted by Crippen LogP contribution is -2.37. The van der Waals surface area contributed by atoms with Gasteiger partial charge < -0.3 is 19.4 Å². The average Bonchev–Trinajstić information content (AvgIpc) is 3.13. The second kappa shape index (κ2) is 7.60. The van der Waals surface area contributed by atoms with Crippen molar-refractivity contribution in [1.82, 2.24) is 10.3 Å². The Kier molecular flexibility index (Phi) is 5.06. The van der Waals surface area contributed by atoms with E-state index in [1.165, 1.54) is 6.08 Å². The molecule has 6 nitrogen and oxygen atoms in total. The van der Waals surface area contributed by atoms with Crippen molar-refractivity contribution < 1.29 is 13.9 Å². The Labute approximate surface area is 134 Å². The summed E-state index contributed by atoms with van der Waals surface area (Å²) in [5, 5.41) is 2.88. The van der Waals surface area contributed by atoms with Crippen LogP contribution in [0.15, 0.2) is 47.2 Å². The van der Waals surface area contributed by atoms with E-state index in [4.69, 9.17) is 9.15 Å². The first kappa shape index (κ1) is 15.3. The lowest BCUT2D eigenvalue weighted by molar-refractivity contribution is -0.116. The van der Waals surface area contributed by atoms with E-state index in [1.54, 1.807) is 30.7 Å². The van der Waals surface area contributed by atoms with Gasteiger partial charge in [0.1, 0.15) is 11.6 Å². The van der Waals surface area contributed by atoms with Crippen LogP contribution in [0.2, 0.25) is 0 Å². The van der Waals surface area contributed by atoms with Crippen molar-refractivity contribution in [2.45, 2.75) is 6.54 Å². The van der Waals surface area contributed by atoms with E-state index < -0.39 is 0 Å². The van der Waals surface area contributed by atoms with E-state index in [0.29, 0.717) is 25.5 Å². The quantitative estimate of drug-likeness (QED) is 0.853. The molecule has 0 spiro atoms. The summed E-state index contributed by atoms with van der Waals surface area (Å²) in [6.07, 6.45) is 6.44. The van der Waals surface area contributed by atoms with Gasteiger partial charge in [0.25, 0.3) is 0 Å². The molecule has 1 amide bonds. The number of rotatable bonds is 5. The molecule has 0 aromatic carbocycles. The van der Waals surface area contributed by atoms with Crippen molar-refractivity contribution in [3.8, 4) is 0 Å². The van der Waals surface area contributed by atoms with Gasteiger partial charge in [0.05, 0.1) is 19.5 Å². The molecule has 0 bridgehead atoms. The van der Waals surface area contributed by atoms with Crippen molar-refractivity contribution in [2.24, 2.45) is 0 Å². The van der Waals surface area contributed by atoms with E-state index >= 15 is 0 Å². The number of carbonyl (C=O) groups is 1. The van der Waals surface area contributed by atoms with Gasteiger partial charge in [0.2, 0.25) is 5.91 Å².